The van der Waals surface area contributed by atoms with E-state index in [1.807, 2.05) is 6.26 Å². The van der Waals surface area contributed by atoms with Gasteiger partial charge in [0.1, 0.15) is 5.76 Å². The molecule has 4 nitrogen and oxygen atoms in total. The lowest BCUT2D eigenvalue weighted by Gasteiger charge is -2.26. The second-order valence-electron chi connectivity index (χ2n) is 5.64. The van der Waals surface area contributed by atoms with E-state index in [2.05, 4.69) is 42.1 Å². The quantitative estimate of drug-likeness (QED) is 0.881. The van der Waals surface area contributed by atoms with E-state index in [0.717, 1.165) is 38.5 Å². The molecule has 1 N–H and O–H groups in total. The van der Waals surface area contributed by atoms with Gasteiger partial charge in [0.05, 0.1) is 12.8 Å². The van der Waals surface area contributed by atoms with Crippen LogP contribution >= 0.6 is 0 Å². The summed E-state index contributed by atoms with van der Waals surface area (Å²) in [5, 5.41) is 3.33. The molecule has 1 fully saturated rings. The molecule has 0 saturated carbocycles. The van der Waals surface area contributed by atoms with E-state index < -0.39 is 0 Å². The van der Waals surface area contributed by atoms with E-state index in [0.29, 0.717) is 6.04 Å². The van der Waals surface area contributed by atoms with Gasteiger partial charge in [0.15, 0.2) is 0 Å². The van der Waals surface area contributed by atoms with E-state index in [1.54, 1.807) is 0 Å². The molecule has 1 saturated heterocycles. The van der Waals surface area contributed by atoms with Crippen LogP contribution in [0.2, 0.25) is 0 Å². The number of likely N-dealkylation sites (N-methyl/N-ethyl adjacent to an activating group) is 1. The van der Waals surface area contributed by atoms with E-state index in [9.17, 15) is 0 Å². The van der Waals surface area contributed by atoms with Gasteiger partial charge >= 0.3 is 0 Å². The van der Waals surface area contributed by atoms with Gasteiger partial charge in [-0.05, 0) is 39.5 Å². The summed E-state index contributed by atoms with van der Waals surface area (Å²) in [7, 11) is 2.21. The molecule has 4 heteroatoms. The lowest BCUT2D eigenvalue weighted by Crippen LogP contribution is -2.37. The van der Waals surface area contributed by atoms with Crippen LogP contribution in [0.15, 0.2) is 16.7 Å². The topological polar surface area (TPSA) is 31.7 Å². The van der Waals surface area contributed by atoms with Crippen molar-refractivity contribution >= 4 is 0 Å². The number of rotatable bonds is 5. The summed E-state index contributed by atoms with van der Waals surface area (Å²) in [5.41, 5.74) is 1.25. The highest BCUT2D eigenvalue weighted by atomic mass is 16.3. The lowest BCUT2D eigenvalue weighted by molar-refractivity contribution is 0.181. The Hall–Kier alpha value is -0.840. The largest absolute Gasteiger partial charge is 0.468 e. The molecule has 2 rings (SSSR count). The molecule has 0 amide bonds. The highest BCUT2D eigenvalue weighted by molar-refractivity contribution is 5.12. The van der Waals surface area contributed by atoms with Crippen LogP contribution in [0, 0.1) is 0 Å². The summed E-state index contributed by atoms with van der Waals surface area (Å²) in [4.78, 5) is 4.95. The Labute approximate surface area is 116 Å². The molecule has 0 bridgehead atoms. The minimum absolute atomic E-state index is 0.592. The molecule has 2 heterocycles. The Morgan fingerprint density at radius 3 is 3.05 bits per heavy atom. The first-order valence-corrected chi connectivity index (χ1v) is 7.38. The minimum atomic E-state index is 0.592. The molecule has 19 heavy (non-hydrogen) atoms. The van der Waals surface area contributed by atoms with E-state index in [4.69, 9.17) is 4.42 Å². The molecule has 0 aliphatic carbocycles. The molecule has 108 valence electrons. The van der Waals surface area contributed by atoms with Crippen LogP contribution in [0.1, 0.15) is 31.6 Å². The van der Waals surface area contributed by atoms with Crippen LogP contribution in [0.25, 0.3) is 0 Å². The van der Waals surface area contributed by atoms with E-state index in [-0.39, 0.29) is 0 Å². The standard InChI is InChI=1S/C15H27N3O/c1-4-16-9-14-8-15(19-12-14)11-18-7-5-6-17(3)10-13(18)2/h8,12-13,16H,4-7,9-11H2,1-3H3. The van der Waals surface area contributed by atoms with Gasteiger partial charge in [-0.2, -0.15) is 0 Å². The van der Waals surface area contributed by atoms with Crippen molar-refractivity contribution in [1.82, 2.24) is 15.1 Å². The van der Waals surface area contributed by atoms with Crippen LogP contribution in [0.5, 0.6) is 0 Å². The molecule has 1 atom stereocenters. The summed E-state index contributed by atoms with van der Waals surface area (Å²) in [6.07, 6.45) is 3.12. The van der Waals surface area contributed by atoms with Crippen LogP contribution < -0.4 is 5.32 Å². The van der Waals surface area contributed by atoms with Gasteiger partial charge < -0.3 is 14.6 Å². The van der Waals surface area contributed by atoms with Crippen molar-refractivity contribution in [3.05, 3.63) is 23.7 Å². The second kappa shape index (κ2) is 7.08. The first kappa shape index (κ1) is 14.6. The zero-order valence-electron chi connectivity index (χ0n) is 12.5. The smallest absolute Gasteiger partial charge is 0.118 e. The van der Waals surface area contributed by atoms with Crippen molar-refractivity contribution in [2.75, 3.05) is 33.2 Å². The van der Waals surface area contributed by atoms with E-state index in [1.165, 1.54) is 18.5 Å². The minimum Gasteiger partial charge on any atom is -0.468 e. The number of furan rings is 1. The predicted molar refractivity (Wildman–Crippen MR) is 78.1 cm³/mol. The first-order valence-electron chi connectivity index (χ1n) is 7.38. The zero-order valence-corrected chi connectivity index (χ0v) is 12.5. The highest BCUT2D eigenvalue weighted by Crippen LogP contribution is 2.15. The maximum atomic E-state index is 5.69. The number of nitrogens with zero attached hydrogens (tertiary/aromatic N) is 2. The van der Waals surface area contributed by atoms with Crippen LogP contribution in [0.4, 0.5) is 0 Å². The van der Waals surface area contributed by atoms with Gasteiger partial charge in [-0.15, -0.1) is 0 Å². The summed E-state index contributed by atoms with van der Waals surface area (Å²) in [6.45, 7) is 10.8. The fourth-order valence-electron chi connectivity index (χ4n) is 2.73. The summed E-state index contributed by atoms with van der Waals surface area (Å²) in [5.74, 6) is 1.09. The SMILES string of the molecule is CCNCc1coc(CN2CCCN(C)CC2C)c1. The maximum Gasteiger partial charge on any atom is 0.118 e. The van der Waals surface area contributed by atoms with Gasteiger partial charge in [0.25, 0.3) is 0 Å². The Morgan fingerprint density at radius 1 is 1.42 bits per heavy atom. The predicted octanol–water partition coefficient (Wildman–Crippen LogP) is 1.92. The maximum absolute atomic E-state index is 5.69. The molecule has 1 aliphatic heterocycles. The average Bonchev–Trinajstić information content (AvgIpc) is 2.76. The first-order chi connectivity index (χ1) is 9.19. The van der Waals surface area contributed by atoms with Crippen LogP contribution in [-0.2, 0) is 13.1 Å². The van der Waals surface area contributed by atoms with Gasteiger partial charge in [0.2, 0.25) is 0 Å². The van der Waals surface area contributed by atoms with Crippen molar-refractivity contribution in [2.24, 2.45) is 0 Å². The van der Waals surface area contributed by atoms with E-state index >= 15 is 0 Å². The molecular formula is C15H27N3O. The molecular weight excluding hydrogens is 238 g/mol. The van der Waals surface area contributed by atoms with Gasteiger partial charge in [0, 0.05) is 31.2 Å². The van der Waals surface area contributed by atoms with Gasteiger partial charge in [-0.25, -0.2) is 0 Å². The molecule has 0 spiro atoms. The summed E-state index contributed by atoms with van der Waals surface area (Å²) < 4.78 is 5.69. The Kier molecular flexibility index (Phi) is 5.43. The van der Waals surface area contributed by atoms with Crippen molar-refractivity contribution in [1.29, 1.82) is 0 Å². The molecule has 1 aliphatic rings. The summed E-state index contributed by atoms with van der Waals surface area (Å²) >= 11 is 0. The average molecular weight is 265 g/mol. The van der Waals surface area contributed by atoms with Gasteiger partial charge in [-0.3, -0.25) is 4.90 Å². The zero-order chi connectivity index (χ0) is 13.7. The summed E-state index contributed by atoms with van der Waals surface area (Å²) in [6, 6.07) is 2.78. The molecule has 0 aromatic carbocycles. The number of nitrogens with one attached hydrogen (secondary N) is 1. The molecule has 1 unspecified atom stereocenters. The van der Waals surface area contributed by atoms with Crippen molar-refractivity contribution in [2.45, 2.75) is 39.4 Å². The number of hydrogen-bond donors (Lipinski definition) is 1. The third-order valence-electron chi connectivity index (χ3n) is 3.83. The Morgan fingerprint density at radius 2 is 2.26 bits per heavy atom. The van der Waals surface area contributed by atoms with Crippen LogP contribution in [-0.4, -0.2) is 49.1 Å². The Bertz CT molecular complexity index is 377. The molecule has 1 aromatic heterocycles. The van der Waals surface area contributed by atoms with Crippen molar-refractivity contribution in [3.8, 4) is 0 Å². The second-order valence-corrected chi connectivity index (χ2v) is 5.64. The third kappa shape index (κ3) is 4.34. The normalized spacial score (nSPS) is 22.6. The highest BCUT2D eigenvalue weighted by Gasteiger charge is 2.20. The number of hydrogen-bond acceptors (Lipinski definition) is 4. The molecule has 1 aromatic rings. The molecule has 0 radical (unpaired) electrons. The van der Waals surface area contributed by atoms with Crippen LogP contribution in [0.3, 0.4) is 0 Å². The lowest BCUT2D eigenvalue weighted by atomic mass is 10.2. The van der Waals surface area contributed by atoms with Crippen molar-refractivity contribution in [3.63, 3.8) is 0 Å². The monoisotopic (exact) mass is 265 g/mol. The Balaban J connectivity index is 1.90. The van der Waals surface area contributed by atoms with Gasteiger partial charge in [-0.1, -0.05) is 6.92 Å². The van der Waals surface area contributed by atoms with Crippen molar-refractivity contribution < 1.29 is 4.42 Å². The fraction of sp³-hybridized carbons (Fsp3) is 0.733. The third-order valence-corrected chi connectivity index (χ3v) is 3.83. The fourth-order valence-corrected chi connectivity index (χ4v) is 2.73.